The van der Waals surface area contributed by atoms with Crippen LogP contribution >= 0.6 is 37.1 Å². The van der Waals surface area contributed by atoms with Crippen LogP contribution in [0, 0.1) is 0 Å². The second kappa shape index (κ2) is 12.2. The van der Waals surface area contributed by atoms with E-state index in [1.54, 1.807) is 0 Å². The minimum absolute atomic E-state index is 0.00510. The van der Waals surface area contributed by atoms with E-state index in [0.717, 1.165) is 10.9 Å². The van der Waals surface area contributed by atoms with Crippen molar-refractivity contribution in [3.63, 3.8) is 0 Å². The molecule has 0 spiro atoms. The summed E-state index contributed by atoms with van der Waals surface area (Å²) < 4.78 is 58.3. The van der Waals surface area contributed by atoms with E-state index < -0.39 is 74.3 Å². The summed E-state index contributed by atoms with van der Waals surface area (Å²) in [6.07, 6.45) is -4.87. The van der Waals surface area contributed by atoms with Crippen LogP contribution < -0.4 is 16.3 Å². The molecule has 6 rings (SSSR count). The molecule has 0 radical (unpaired) electrons. The predicted octanol–water partition coefficient (Wildman–Crippen LogP) is 0.591. The minimum Gasteiger partial charge on any atom is -0.382 e. The molecule has 25 heteroatoms. The highest BCUT2D eigenvalue weighted by Gasteiger charge is 2.54. The van der Waals surface area contributed by atoms with Crippen LogP contribution in [0.2, 0.25) is 0 Å². The van der Waals surface area contributed by atoms with E-state index >= 15 is 4.39 Å². The lowest BCUT2D eigenvalue weighted by molar-refractivity contribution is -0.0479. The first-order valence-electron chi connectivity index (χ1n) is 12.6. The summed E-state index contributed by atoms with van der Waals surface area (Å²) in [7, 11) is 0. The highest BCUT2D eigenvalue weighted by atomic mass is 32.7. The molecule has 0 aromatic carbocycles. The molecule has 2 aliphatic heterocycles. The first-order valence-corrected chi connectivity index (χ1v) is 18.8. The molecule has 2 fully saturated rings. The fourth-order valence-corrected chi connectivity index (χ4v) is 7.58. The van der Waals surface area contributed by atoms with Crippen LogP contribution in [-0.2, 0) is 39.4 Å². The Hall–Kier alpha value is -2.53. The third-order valence-electron chi connectivity index (χ3n) is 6.72. The highest BCUT2D eigenvalue weighted by Crippen LogP contribution is 2.56. The summed E-state index contributed by atoms with van der Waals surface area (Å²) >= 11 is 9.13. The number of nitrogens with two attached hydrogens (primary N) is 2. The summed E-state index contributed by atoms with van der Waals surface area (Å²) in [6.45, 7) is -9.74. The van der Waals surface area contributed by atoms with Gasteiger partial charge in [-0.1, -0.05) is 23.6 Å². The Morgan fingerprint density at radius 1 is 1.11 bits per heavy atom. The van der Waals surface area contributed by atoms with Crippen LogP contribution in [0.5, 0.6) is 0 Å². The second-order valence-corrected chi connectivity index (χ2v) is 16.2. The molecular formula is C20H23FN9O10P2S3+. The lowest BCUT2D eigenvalue weighted by Crippen LogP contribution is -2.33. The van der Waals surface area contributed by atoms with Crippen molar-refractivity contribution in [3.8, 4) is 0 Å². The Morgan fingerprint density at radius 3 is 2.56 bits per heavy atom. The number of anilines is 2. The number of ether oxygens (including phenoxy) is 2. The van der Waals surface area contributed by atoms with Gasteiger partial charge in [0.05, 0.1) is 25.6 Å². The number of hydrogen-bond donors (Lipinski definition) is 5. The number of nitrogens with zero attached hydrogens (tertiary/aromatic N) is 7. The van der Waals surface area contributed by atoms with Crippen molar-refractivity contribution >= 4 is 87.8 Å². The molecule has 6 heterocycles. The minimum atomic E-state index is -4.43. The first kappa shape index (κ1) is 32.4. The maximum Gasteiger partial charge on any atom is 0.387 e. The molecule has 7 atom stereocenters. The fraction of sp³-hybridized carbons (Fsp3) is 0.450. The zero-order valence-electron chi connectivity index (χ0n) is 22.3. The number of ketones is 1. The van der Waals surface area contributed by atoms with Gasteiger partial charge in [-0.05, 0) is 11.8 Å². The summed E-state index contributed by atoms with van der Waals surface area (Å²) in [5.74, 6) is -0.562. The molecule has 4 aromatic heterocycles. The zero-order chi connectivity index (χ0) is 32.3. The molecule has 1 unspecified atom stereocenters. The molecule has 7 N–H and O–H groups in total. The number of alkyl halides is 1. The summed E-state index contributed by atoms with van der Waals surface area (Å²) in [6, 6.07) is 0. The number of fused-ring (bicyclic) bond motifs is 2. The fourth-order valence-electron chi connectivity index (χ4n) is 4.79. The maximum atomic E-state index is 15.1. The van der Waals surface area contributed by atoms with Gasteiger partial charge in [-0.2, -0.15) is 0 Å². The largest absolute Gasteiger partial charge is 0.387 e. The number of hydrogen-bond acceptors (Lipinski definition) is 16. The summed E-state index contributed by atoms with van der Waals surface area (Å²) in [5, 5.41) is 0. The third-order valence-corrected chi connectivity index (χ3v) is 10.1. The van der Waals surface area contributed by atoms with Gasteiger partial charge >= 0.3 is 24.2 Å². The normalized spacial score (nSPS) is 27.1. The first-order chi connectivity index (χ1) is 21.2. The molecular weight excluding hydrogens is 703 g/mol. The van der Waals surface area contributed by atoms with Crippen molar-refractivity contribution in [1.29, 1.82) is 0 Å². The number of aromatic nitrogens is 7. The van der Waals surface area contributed by atoms with Crippen LogP contribution in [0.15, 0.2) is 23.8 Å². The molecule has 2 aliphatic rings. The average molecular weight is 727 g/mol. The smallest absolute Gasteiger partial charge is 0.382 e. The lowest BCUT2D eigenvalue weighted by Gasteiger charge is -2.21. The van der Waals surface area contributed by atoms with E-state index in [1.165, 1.54) is 17.2 Å². The van der Waals surface area contributed by atoms with Gasteiger partial charge in [0, 0.05) is 6.42 Å². The topological polar surface area (TPSA) is 268 Å². The molecule has 0 amide bonds. The summed E-state index contributed by atoms with van der Waals surface area (Å²) in [5.41, 5.74) is 12.2. The number of thiazole rings is 1. The van der Waals surface area contributed by atoms with Gasteiger partial charge in [0.25, 0.3) is 0 Å². The Morgan fingerprint density at radius 2 is 1.82 bits per heavy atom. The second-order valence-electron chi connectivity index (χ2n) is 9.65. The van der Waals surface area contributed by atoms with Gasteiger partial charge in [-0.3, -0.25) is 27.8 Å². The van der Waals surface area contributed by atoms with Crippen LogP contribution in [0.25, 0.3) is 21.5 Å². The standard InChI is InChI=1S/C20H22FN9O10P2S3/c21-8-1-7(38-18(8)29-6-28-10-14(22)24-4-26-16(10)29)2-37-42(35,44)40-12-11(31)9(3-36-41(33,34)43)39-19(12)30-17-13(45-20(30)32)15(23)25-5-27-17/h4-9,12,18-19H,1-3H2,(H,35,44)(H2,22,24,26)(H2,23,25,27)(H2,33,34,43)/p+1/t7-,8+,9+,12+,18+,19+,42?/m0/s1. The molecule has 45 heavy (non-hydrogen) atoms. The van der Waals surface area contributed by atoms with Gasteiger partial charge in [-0.25, -0.2) is 33.9 Å². The number of halogens is 1. The summed E-state index contributed by atoms with van der Waals surface area (Å²) in [4.78, 5) is 62.2. The van der Waals surface area contributed by atoms with Crippen LogP contribution in [0.3, 0.4) is 0 Å². The van der Waals surface area contributed by atoms with Crippen LogP contribution in [0.4, 0.5) is 16.0 Å². The molecule has 19 nitrogen and oxygen atoms in total. The molecule has 4 aromatic rings. The predicted molar refractivity (Wildman–Crippen MR) is 162 cm³/mol. The van der Waals surface area contributed by atoms with Crippen LogP contribution in [0.1, 0.15) is 18.9 Å². The van der Waals surface area contributed by atoms with Crippen molar-refractivity contribution < 1.29 is 46.6 Å². The Bertz CT molecular complexity index is 1940. The molecule has 0 saturated carbocycles. The quantitative estimate of drug-likeness (QED) is 0.0850. The van der Waals surface area contributed by atoms with E-state index in [2.05, 4.69) is 49.0 Å². The molecule has 242 valence electrons. The Balaban J connectivity index is 1.20. The lowest BCUT2D eigenvalue weighted by atomic mass is 10.2. The van der Waals surface area contributed by atoms with E-state index in [9.17, 15) is 23.9 Å². The molecule has 2 saturated heterocycles. The van der Waals surface area contributed by atoms with E-state index in [1.807, 2.05) is 0 Å². The number of nitrogen functional groups attached to an aromatic ring is 2. The van der Waals surface area contributed by atoms with Crippen molar-refractivity contribution in [2.45, 2.75) is 43.4 Å². The number of imidazole rings is 1. The monoisotopic (exact) mass is 726 g/mol. The Labute approximate surface area is 264 Å². The maximum absolute atomic E-state index is 15.1. The van der Waals surface area contributed by atoms with Gasteiger partial charge in [-0.15, -0.1) is 0 Å². The highest BCUT2D eigenvalue weighted by molar-refractivity contribution is 8.44. The SMILES string of the molecule is Nc1ncnc2c1ncn2[C@@H]1O[C@H](COP(=O)(S)O[C@@H]2C(=[OH+])[C@@H](COP(O)(O)=S)O[C@H]2n2c(=O)sc3c(N)ncnc32)C[C@H]1F. The van der Waals surface area contributed by atoms with E-state index in [4.69, 9.17) is 34.5 Å². The average Bonchev–Trinajstić information content (AvgIpc) is 3.71. The molecule has 0 aliphatic carbocycles. The van der Waals surface area contributed by atoms with Crippen molar-refractivity contribution in [3.05, 3.63) is 28.6 Å². The van der Waals surface area contributed by atoms with Crippen LogP contribution in [-0.4, -0.2) is 92.1 Å². The van der Waals surface area contributed by atoms with Gasteiger partial charge < -0.3 is 35.3 Å². The van der Waals surface area contributed by atoms with Crippen molar-refractivity contribution in [2.24, 2.45) is 0 Å². The third kappa shape index (κ3) is 6.53. The van der Waals surface area contributed by atoms with E-state index in [0.29, 0.717) is 11.3 Å². The number of carbonyl (C=O) groups excluding carboxylic acids is 1. The van der Waals surface area contributed by atoms with E-state index in [-0.39, 0.29) is 39.6 Å². The molecule has 0 bridgehead atoms. The number of thiol groups is 1. The number of rotatable bonds is 10. The van der Waals surface area contributed by atoms with Crippen molar-refractivity contribution in [1.82, 2.24) is 34.1 Å². The zero-order valence-corrected chi connectivity index (χ0v) is 26.7. The van der Waals surface area contributed by atoms with Gasteiger partial charge in [0.15, 0.2) is 35.7 Å². The van der Waals surface area contributed by atoms with Gasteiger partial charge in [0.2, 0.25) is 6.10 Å². The van der Waals surface area contributed by atoms with Gasteiger partial charge in [0.1, 0.15) is 34.9 Å². The Kier molecular flexibility index (Phi) is 8.82. The van der Waals surface area contributed by atoms with Crippen molar-refractivity contribution in [2.75, 3.05) is 24.7 Å².